The van der Waals surface area contributed by atoms with Crippen LogP contribution in [0.2, 0.25) is 0 Å². The zero-order valence-electron chi connectivity index (χ0n) is 22.4. The Labute approximate surface area is 233 Å². The average molecular weight is 568 g/mol. The van der Waals surface area contributed by atoms with E-state index >= 15 is 4.39 Å². The van der Waals surface area contributed by atoms with Crippen LogP contribution in [-0.4, -0.2) is 33.5 Å². The SMILES string of the molecule is CCc1nc(-c2ccc(NC(=O)Nc3cccc(C(F)(F)F)c3)cc2F)c2c(N)ncc(C3=CCC(NC)CC3)n12. The summed E-state index contributed by atoms with van der Waals surface area (Å²) in [7, 11) is 1.95. The number of imidazole rings is 1. The lowest BCUT2D eigenvalue weighted by Crippen LogP contribution is -2.26. The van der Waals surface area contributed by atoms with E-state index in [1.54, 1.807) is 6.20 Å². The third-order valence-electron chi connectivity index (χ3n) is 7.15. The van der Waals surface area contributed by atoms with Gasteiger partial charge in [0.25, 0.3) is 0 Å². The molecule has 5 rings (SSSR count). The van der Waals surface area contributed by atoms with Gasteiger partial charge >= 0.3 is 12.2 Å². The molecule has 0 bridgehead atoms. The van der Waals surface area contributed by atoms with Crippen LogP contribution in [0.3, 0.4) is 0 Å². The number of hydrogen-bond acceptors (Lipinski definition) is 5. The van der Waals surface area contributed by atoms with Crippen LogP contribution >= 0.6 is 0 Å². The van der Waals surface area contributed by atoms with Crippen LogP contribution in [-0.2, 0) is 12.6 Å². The van der Waals surface area contributed by atoms with Gasteiger partial charge in [-0.15, -0.1) is 0 Å². The molecule has 2 aromatic carbocycles. The van der Waals surface area contributed by atoms with E-state index in [0.29, 0.717) is 29.5 Å². The van der Waals surface area contributed by atoms with Gasteiger partial charge in [0.05, 0.1) is 17.5 Å². The van der Waals surface area contributed by atoms with Gasteiger partial charge in [0.2, 0.25) is 0 Å². The maximum Gasteiger partial charge on any atom is 0.416 e. The Hall–Kier alpha value is -4.45. The van der Waals surface area contributed by atoms with Crippen molar-refractivity contribution in [3.8, 4) is 11.3 Å². The van der Waals surface area contributed by atoms with Gasteiger partial charge in [-0.05, 0) is 68.3 Å². The third-order valence-corrected chi connectivity index (χ3v) is 7.15. The quantitative estimate of drug-likeness (QED) is 0.199. The van der Waals surface area contributed by atoms with Gasteiger partial charge in [0, 0.05) is 29.4 Å². The van der Waals surface area contributed by atoms with Gasteiger partial charge in [0.15, 0.2) is 0 Å². The molecule has 0 fully saturated rings. The fraction of sp³-hybridized carbons (Fsp3) is 0.276. The first-order valence-electron chi connectivity index (χ1n) is 13.2. The van der Waals surface area contributed by atoms with Crippen LogP contribution < -0.4 is 21.7 Å². The van der Waals surface area contributed by atoms with E-state index < -0.39 is 23.6 Å². The second-order valence-corrected chi connectivity index (χ2v) is 9.78. The standard InChI is InChI=1S/C29H29F4N7O/c1-3-24-39-25(26-27(34)36-15-23(40(24)26)16-7-9-18(35-2)10-8-16)21-12-11-20(14-22(21)30)38-28(41)37-19-6-4-5-17(13-19)29(31,32)33/h4-7,11-15,18,35H,3,8-10H2,1-2H3,(H2,34,36)(H2,37,38,41). The maximum atomic E-state index is 15.5. The van der Waals surface area contributed by atoms with Gasteiger partial charge in [-0.1, -0.05) is 19.1 Å². The fourth-order valence-electron chi connectivity index (χ4n) is 5.04. The Morgan fingerprint density at radius 1 is 1.15 bits per heavy atom. The summed E-state index contributed by atoms with van der Waals surface area (Å²) in [6, 6.07) is 7.88. The maximum absolute atomic E-state index is 15.5. The number of aromatic nitrogens is 3. The number of rotatable bonds is 6. The molecule has 2 heterocycles. The summed E-state index contributed by atoms with van der Waals surface area (Å²) in [6.45, 7) is 1.96. The molecule has 1 atom stereocenters. The number of amides is 2. The normalized spacial score (nSPS) is 15.6. The summed E-state index contributed by atoms with van der Waals surface area (Å²) in [5.41, 5.74) is 8.44. The number of nitrogen functional groups attached to an aromatic ring is 1. The lowest BCUT2D eigenvalue weighted by atomic mass is 9.93. The second-order valence-electron chi connectivity index (χ2n) is 9.78. The first-order chi connectivity index (χ1) is 19.6. The zero-order valence-corrected chi connectivity index (χ0v) is 22.4. The number of anilines is 3. The predicted molar refractivity (Wildman–Crippen MR) is 151 cm³/mol. The number of hydrogen-bond donors (Lipinski definition) is 4. The lowest BCUT2D eigenvalue weighted by molar-refractivity contribution is -0.137. The van der Waals surface area contributed by atoms with E-state index in [1.807, 2.05) is 18.4 Å². The van der Waals surface area contributed by atoms with E-state index in [4.69, 9.17) is 10.7 Å². The first-order valence-corrected chi connectivity index (χ1v) is 13.2. The number of allylic oxidation sites excluding steroid dienone is 1. The highest BCUT2D eigenvalue weighted by Gasteiger charge is 2.30. The van der Waals surface area contributed by atoms with Crippen molar-refractivity contribution < 1.29 is 22.4 Å². The topological polar surface area (TPSA) is 109 Å². The van der Waals surface area contributed by atoms with Gasteiger partial charge in [-0.2, -0.15) is 13.2 Å². The number of nitrogens with one attached hydrogen (secondary N) is 3. The van der Waals surface area contributed by atoms with Gasteiger partial charge in [-0.25, -0.2) is 19.2 Å². The number of carbonyl (C=O) groups excluding carboxylic acids is 1. The molecule has 1 unspecified atom stereocenters. The molecule has 41 heavy (non-hydrogen) atoms. The zero-order chi connectivity index (χ0) is 29.3. The summed E-state index contributed by atoms with van der Waals surface area (Å²) in [5.74, 6) is 0.253. The van der Waals surface area contributed by atoms with Crippen LogP contribution in [0.1, 0.15) is 43.3 Å². The number of nitrogens with zero attached hydrogens (tertiary/aromatic N) is 3. The molecule has 0 spiro atoms. The molecule has 2 aromatic heterocycles. The summed E-state index contributed by atoms with van der Waals surface area (Å²) in [5, 5.41) is 8.08. The first kappa shape index (κ1) is 28.1. The fourth-order valence-corrected chi connectivity index (χ4v) is 5.04. The van der Waals surface area contributed by atoms with Crippen LogP contribution in [0.15, 0.2) is 54.7 Å². The van der Waals surface area contributed by atoms with Crippen molar-refractivity contribution in [2.45, 2.75) is 44.8 Å². The number of benzene rings is 2. The smallest absolute Gasteiger partial charge is 0.382 e. The van der Waals surface area contributed by atoms with E-state index in [9.17, 15) is 18.0 Å². The molecular weight excluding hydrogens is 538 g/mol. The minimum atomic E-state index is -4.55. The van der Waals surface area contributed by atoms with E-state index in [2.05, 4.69) is 27.0 Å². The number of urea groups is 1. The average Bonchev–Trinajstić information content (AvgIpc) is 3.33. The molecule has 4 aromatic rings. The molecule has 0 saturated carbocycles. The number of aryl methyl sites for hydroxylation is 1. The monoisotopic (exact) mass is 567 g/mol. The van der Waals surface area contributed by atoms with Gasteiger partial charge < -0.3 is 21.7 Å². The molecule has 12 heteroatoms. The van der Waals surface area contributed by atoms with Crippen molar-refractivity contribution in [1.82, 2.24) is 19.7 Å². The minimum Gasteiger partial charge on any atom is -0.382 e. The minimum absolute atomic E-state index is 0.0562. The number of carbonyl (C=O) groups is 1. The predicted octanol–water partition coefficient (Wildman–Crippen LogP) is 6.50. The van der Waals surface area contributed by atoms with Crippen LogP contribution in [0.4, 0.5) is 39.5 Å². The summed E-state index contributed by atoms with van der Waals surface area (Å²) in [4.78, 5) is 21.6. The molecule has 0 saturated heterocycles. The van der Waals surface area contributed by atoms with Crippen molar-refractivity contribution in [3.05, 3.63) is 77.6 Å². The van der Waals surface area contributed by atoms with Crippen LogP contribution in [0.25, 0.3) is 22.3 Å². The van der Waals surface area contributed by atoms with Gasteiger partial charge in [-0.3, -0.25) is 4.40 Å². The van der Waals surface area contributed by atoms with E-state index in [1.165, 1.54) is 24.3 Å². The summed E-state index contributed by atoms with van der Waals surface area (Å²) in [6.07, 6.45) is 2.63. The Morgan fingerprint density at radius 3 is 2.54 bits per heavy atom. The highest BCUT2D eigenvalue weighted by Crippen LogP contribution is 2.36. The Morgan fingerprint density at radius 2 is 1.90 bits per heavy atom. The van der Waals surface area contributed by atoms with Crippen molar-refractivity contribution in [1.29, 1.82) is 0 Å². The number of fused-ring (bicyclic) bond motifs is 1. The Kier molecular flexibility index (Phi) is 7.68. The summed E-state index contributed by atoms with van der Waals surface area (Å²) >= 11 is 0. The van der Waals surface area contributed by atoms with Crippen molar-refractivity contribution in [2.75, 3.05) is 23.4 Å². The van der Waals surface area contributed by atoms with Crippen molar-refractivity contribution in [3.63, 3.8) is 0 Å². The number of nitrogens with two attached hydrogens (primary N) is 1. The highest BCUT2D eigenvalue weighted by molar-refractivity contribution is 6.00. The van der Waals surface area contributed by atoms with E-state index in [0.717, 1.165) is 48.7 Å². The Balaban J connectivity index is 1.43. The molecular formula is C29H29F4N7O. The molecule has 1 aliphatic rings. The molecule has 5 N–H and O–H groups in total. The van der Waals surface area contributed by atoms with Crippen molar-refractivity contribution in [2.24, 2.45) is 0 Å². The van der Waals surface area contributed by atoms with Crippen LogP contribution in [0, 0.1) is 5.82 Å². The number of alkyl halides is 3. The molecule has 214 valence electrons. The Bertz CT molecular complexity index is 1640. The molecule has 0 aliphatic heterocycles. The molecule has 0 radical (unpaired) electrons. The largest absolute Gasteiger partial charge is 0.416 e. The molecule has 8 nitrogen and oxygen atoms in total. The highest BCUT2D eigenvalue weighted by atomic mass is 19.4. The summed E-state index contributed by atoms with van der Waals surface area (Å²) < 4.78 is 56.3. The second kappa shape index (κ2) is 11.2. The third kappa shape index (κ3) is 5.73. The van der Waals surface area contributed by atoms with Crippen LogP contribution in [0.5, 0.6) is 0 Å². The lowest BCUT2D eigenvalue weighted by Gasteiger charge is -2.22. The molecule has 2 amide bonds. The molecule has 1 aliphatic carbocycles. The number of halogens is 4. The van der Waals surface area contributed by atoms with Gasteiger partial charge in [0.1, 0.15) is 28.7 Å². The van der Waals surface area contributed by atoms with E-state index in [-0.39, 0.29) is 22.8 Å². The van der Waals surface area contributed by atoms with Crippen molar-refractivity contribution >= 4 is 34.3 Å².